The first-order chi connectivity index (χ1) is 12.3. The van der Waals surface area contributed by atoms with Crippen LogP contribution < -0.4 is 4.90 Å². The summed E-state index contributed by atoms with van der Waals surface area (Å²) in [7, 11) is 0. The average Bonchev–Trinajstić information content (AvgIpc) is 3.30. The number of ether oxygens (including phenoxy) is 1. The van der Waals surface area contributed by atoms with Gasteiger partial charge in [0.2, 0.25) is 5.95 Å². The van der Waals surface area contributed by atoms with Crippen molar-refractivity contribution in [2.45, 2.75) is 39.2 Å². The minimum atomic E-state index is 0.743. The standard InChI is InChI=1S/C18H26N6O/c1-14-3-2-4-17(19-14)6-10-24-18(20-21-22-24)23-9-5-16(13-23)15-7-11-25-12-8-15/h2-4,15-16H,5-13H2,1H3. The van der Waals surface area contributed by atoms with E-state index in [1.54, 1.807) is 0 Å². The molecule has 7 nitrogen and oxygen atoms in total. The maximum absolute atomic E-state index is 5.50. The summed E-state index contributed by atoms with van der Waals surface area (Å²) in [5.41, 5.74) is 2.14. The first kappa shape index (κ1) is 16.4. The lowest BCUT2D eigenvalue weighted by molar-refractivity contribution is 0.0500. The maximum atomic E-state index is 5.50. The van der Waals surface area contributed by atoms with Crippen molar-refractivity contribution in [3.63, 3.8) is 0 Å². The molecule has 1 unspecified atom stereocenters. The third kappa shape index (κ3) is 3.81. The summed E-state index contributed by atoms with van der Waals surface area (Å²) >= 11 is 0. The zero-order valence-corrected chi connectivity index (χ0v) is 14.8. The van der Waals surface area contributed by atoms with Gasteiger partial charge in [-0.3, -0.25) is 4.98 Å². The van der Waals surface area contributed by atoms with Gasteiger partial charge < -0.3 is 9.64 Å². The van der Waals surface area contributed by atoms with Crippen LogP contribution >= 0.6 is 0 Å². The largest absolute Gasteiger partial charge is 0.381 e. The van der Waals surface area contributed by atoms with Gasteiger partial charge in [0.05, 0.1) is 6.54 Å². The fourth-order valence-electron chi connectivity index (χ4n) is 4.07. The van der Waals surface area contributed by atoms with Crippen LogP contribution in [-0.2, 0) is 17.7 Å². The number of pyridine rings is 1. The van der Waals surface area contributed by atoms with Crippen LogP contribution in [0.4, 0.5) is 5.95 Å². The zero-order valence-electron chi connectivity index (χ0n) is 14.8. The molecule has 2 saturated heterocycles. The smallest absolute Gasteiger partial charge is 0.245 e. The molecule has 2 aliphatic rings. The molecule has 7 heteroatoms. The third-order valence-electron chi connectivity index (χ3n) is 5.48. The maximum Gasteiger partial charge on any atom is 0.245 e. The normalized spacial score (nSPS) is 21.8. The van der Waals surface area contributed by atoms with Crippen molar-refractivity contribution in [3.8, 4) is 0 Å². The highest BCUT2D eigenvalue weighted by Crippen LogP contribution is 2.32. The zero-order chi connectivity index (χ0) is 17.1. The van der Waals surface area contributed by atoms with Gasteiger partial charge in [-0.25, -0.2) is 4.68 Å². The predicted octanol–water partition coefficient (Wildman–Crippen LogP) is 1.87. The van der Waals surface area contributed by atoms with E-state index in [9.17, 15) is 0 Å². The van der Waals surface area contributed by atoms with Crippen molar-refractivity contribution in [1.29, 1.82) is 0 Å². The van der Waals surface area contributed by atoms with E-state index in [0.29, 0.717) is 0 Å². The van der Waals surface area contributed by atoms with Gasteiger partial charge in [0, 0.05) is 44.1 Å². The molecule has 134 valence electrons. The molecule has 2 aliphatic heterocycles. The Bertz CT molecular complexity index is 696. The highest BCUT2D eigenvalue weighted by Gasteiger charge is 2.32. The Morgan fingerprint density at radius 2 is 2.04 bits per heavy atom. The van der Waals surface area contributed by atoms with Gasteiger partial charge in [0.15, 0.2) is 0 Å². The summed E-state index contributed by atoms with van der Waals surface area (Å²) < 4.78 is 7.43. The molecule has 2 fully saturated rings. The number of hydrogen-bond donors (Lipinski definition) is 0. The molecule has 4 rings (SSSR count). The predicted molar refractivity (Wildman–Crippen MR) is 94.4 cm³/mol. The van der Waals surface area contributed by atoms with Crippen LogP contribution in [0.25, 0.3) is 0 Å². The second kappa shape index (κ2) is 7.47. The Labute approximate surface area is 148 Å². The van der Waals surface area contributed by atoms with Gasteiger partial charge in [0.1, 0.15) is 0 Å². The minimum absolute atomic E-state index is 0.743. The van der Waals surface area contributed by atoms with Gasteiger partial charge in [-0.1, -0.05) is 11.2 Å². The van der Waals surface area contributed by atoms with Crippen molar-refractivity contribution in [2.75, 3.05) is 31.2 Å². The number of aryl methyl sites for hydroxylation is 3. The van der Waals surface area contributed by atoms with E-state index in [1.165, 1.54) is 19.3 Å². The van der Waals surface area contributed by atoms with Crippen molar-refractivity contribution in [1.82, 2.24) is 25.2 Å². The lowest BCUT2D eigenvalue weighted by Crippen LogP contribution is -2.28. The summed E-state index contributed by atoms with van der Waals surface area (Å²) in [5, 5.41) is 12.4. The SMILES string of the molecule is Cc1cccc(CCn2nnnc2N2CCC(C3CCOCC3)C2)n1. The Morgan fingerprint density at radius 1 is 1.16 bits per heavy atom. The topological polar surface area (TPSA) is 69.0 Å². The van der Waals surface area contributed by atoms with Gasteiger partial charge in [-0.2, -0.15) is 0 Å². The van der Waals surface area contributed by atoms with Crippen molar-refractivity contribution < 1.29 is 4.74 Å². The molecule has 0 N–H and O–H groups in total. The van der Waals surface area contributed by atoms with Crippen LogP contribution in [0.2, 0.25) is 0 Å². The summed E-state index contributed by atoms with van der Waals surface area (Å²) in [6.45, 7) is 6.73. The van der Waals surface area contributed by atoms with Crippen molar-refractivity contribution in [3.05, 3.63) is 29.6 Å². The number of hydrogen-bond acceptors (Lipinski definition) is 6. The van der Waals surface area contributed by atoms with Gasteiger partial charge in [0.25, 0.3) is 0 Å². The first-order valence-electron chi connectivity index (χ1n) is 9.31. The van der Waals surface area contributed by atoms with Gasteiger partial charge in [-0.05, 0) is 60.6 Å². The monoisotopic (exact) mass is 342 g/mol. The van der Waals surface area contributed by atoms with Crippen LogP contribution in [0.15, 0.2) is 18.2 Å². The lowest BCUT2D eigenvalue weighted by Gasteiger charge is -2.27. The number of rotatable bonds is 5. The van der Waals surface area contributed by atoms with Crippen molar-refractivity contribution >= 4 is 5.95 Å². The molecule has 0 aromatic carbocycles. The molecule has 2 aromatic heterocycles. The highest BCUT2D eigenvalue weighted by atomic mass is 16.5. The Morgan fingerprint density at radius 3 is 2.88 bits per heavy atom. The Hall–Kier alpha value is -2.02. The molecule has 0 aliphatic carbocycles. The molecule has 0 saturated carbocycles. The summed E-state index contributed by atoms with van der Waals surface area (Å²) in [6.07, 6.45) is 4.47. The molecular weight excluding hydrogens is 316 g/mol. The first-order valence-corrected chi connectivity index (χ1v) is 9.31. The van der Waals surface area contributed by atoms with Crippen LogP contribution in [0.5, 0.6) is 0 Å². The summed E-state index contributed by atoms with van der Waals surface area (Å²) in [5.74, 6) is 2.44. The Kier molecular flexibility index (Phi) is 4.92. The summed E-state index contributed by atoms with van der Waals surface area (Å²) in [4.78, 5) is 6.92. The fourth-order valence-corrected chi connectivity index (χ4v) is 4.07. The molecule has 0 amide bonds. The van der Waals surface area contributed by atoms with Crippen LogP contribution in [0.1, 0.15) is 30.7 Å². The van der Waals surface area contributed by atoms with Crippen LogP contribution in [-0.4, -0.2) is 51.5 Å². The number of anilines is 1. The second-order valence-corrected chi connectivity index (χ2v) is 7.17. The average molecular weight is 342 g/mol. The minimum Gasteiger partial charge on any atom is -0.381 e. The molecule has 4 heterocycles. The molecule has 0 radical (unpaired) electrons. The lowest BCUT2D eigenvalue weighted by atomic mass is 9.85. The second-order valence-electron chi connectivity index (χ2n) is 7.17. The van der Waals surface area contributed by atoms with E-state index in [4.69, 9.17) is 4.74 Å². The van der Waals surface area contributed by atoms with E-state index in [0.717, 1.165) is 68.4 Å². The Balaban J connectivity index is 1.38. The molecule has 0 spiro atoms. The number of aromatic nitrogens is 5. The number of tetrazole rings is 1. The van der Waals surface area contributed by atoms with E-state index in [2.05, 4.69) is 37.5 Å². The van der Waals surface area contributed by atoms with E-state index >= 15 is 0 Å². The van der Waals surface area contributed by atoms with Gasteiger partial charge >= 0.3 is 0 Å². The molecular formula is C18H26N6O. The van der Waals surface area contributed by atoms with Crippen LogP contribution in [0.3, 0.4) is 0 Å². The molecule has 25 heavy (non-hydrogen) atoms. The molecule has 1 atom stereocenters. The third-order valence-corrected chi connectivity index (χ3v) is 5.48. The summed E-state index contributed by atoms with van der Waals surface area (Å²) in [6, 6.07) is 6.14. The van der Waals surface area contributed by atoms with E-state index in [-0.39, 0.29) is 0 Å². The number of nitrogens with zero attached hydrogens (tertiary/aromatic N) is 6. The quantitative estimate of drug-likeness (QED) is 0.826. The van der Waals surface area contributed by atoms with E-state index in [1.807, 2.05) is 17.7 Å². The fraction of sp³-hybridized carbons (Fsp3) is 0.667. The van der Waals surface area contributed by atoms with Crippen molar-refractivity contribution in [2.24, 2.45) is 11.8 Å². The molecule has 0 bridgehead atoms. The van der Waals surface area contributed by atoms with Gasteiger partial charge in [-0.15, -0.1) is 0 Å². The molecule has 2 aromatic rings. The van der Waals surface area contributed by atoms with E-state index < -0.39 is 0 Å². The highest BCUT2D eigenvalue weighted by molar-refractivity contribution is 5.30. The van der Waals surface area contributed by atoms with Crippen LogP contribution in [0, 0.1) is 18.8 Å².